The van der Waals surface area contributed by atoms with Crippen LogP contribution < -0.4 is 10.1 Å². The van der Waals surface area contributed by atoms with E-state index in [0.717, 1.165) is 11.1 Å². The molecule has 0 saturated carbocycles. The van der Waals surface area contributed by atoms with Gasteiger partial charge in [0.1, 0.15) is 5.69 Å². The zero-order chi connectivity index (χ0) is 20.3. The van der Waals surface area contributed by atoms with Crippen LogP contribution in [-0.4, -0.2) is 26.4 Å². The van der Waals surface area contributed by atoms with E-state index in [0.29, 0.717) is 12.2 Å². The monoisotopic (exact) mass is 382 g/mol. The number of hydrogen-bond acceptors (Lipinski definition) is 4. The Bertz CT molecular complexity index is 978. The topological polar surface area (TPSA) is 69.0 Å². The van der Waals surface area contributed by atoms with Crippen LogP contribution in [0, 0.1) is 5.82 Å². The highest BCUT2D eigenvalue weighted by Crippen LogP contribution is 2.35. The minimum atomic E-state index is -0.711. The van der Waals surface area contributed by atoms with Crippen molar-refractivity contribution < 1.29 is 13.9 Å². The molecule has 2 aromatic heterocycles. The minimum Gasteiger partial charge on any atom is -0.407 e. The van der Waals surface area contributed by atoms with Gasteiger partial charge in [-0.2, -0.15) is 5.10 Å². The van der Waals surface area contributed by atoms with Gasteiger partial charge in [-0.1, -0.05) is 6.07 Å². The number of hydrogen-bond donors (Lipinski definition) is 1. The van der Waals surface area contributed by atoms with Crippen LogP contribution >= 0.6 is 0 Å². The maximum atomic E-state index is 15.2. The summed E-state index contributed by atoms with van der Waals surface area (Å²) in [6.07, 6.45) is 4.51. The van der Waals surface area contributed by atoms with Gasteiger partial charge in [-0.3, -0.25) is 9.67 Å². The van der Waals surface area contributed by atoms with Gasteiger partial charge in [0.15, 0.2) is 11.6 Å². The number of ether oxygens (including phenoxy) is 1. The molecule has 1 amide bonds. The number of aromatic nitrogens is 3. The van der Waals surface area contributed by atoms with E-state index in [4.69, 9.17) is 4.74 Å². The average molecular weight is 382 g/mol. The zero-order valence-corrected chi connectivity index (χ0v) is 16.4. The smallest absolute Gasteiger partial charge is 0.407 e. The molecule has 0 radical (unpaired) electrons. The van der Waals surface area contributed by atoms with E-state index < -0.39 is 17.4 Å². The molecule has 0 aliphatic rings. The first-order valence-electron chi connectivity index (χ1n) is 9.05. The van der Waals surface area contributed by atoms with Crippen molar-refractivity contribution in [2.75, 3.05) is 0 Å². The molecule has 7 heteroatoms. The van der Waals surface area contributed by atoms with E-state index in [-0.39, 0.29) is 11.3 Å². The number of nitrogens with one attached hydrogen (secondary N) is 1. The molecule has 28 heavy (non-hydrogen) atoms. The largest absolute Gasteiger partial charge is 0.413 e. The highest BCUT2D eigenvalue weighted by atomic mass is 19.1. The Morgan fingerprint density at radius 1 is 1.18 bits per heavy atom. The minimum absolute atomic E-state index is 0.147. The van der Waals surface area contributed by atoms with Crippen LogP contribution in [0.2, 0.25) is 0 Å². The van der Waals surface area contributed by atoms with Crippen LogP contribution in [0.4, 0.5) is 9.18 Å². The van der Waals surface area contributed by atoms with E-state index in [1.807, 2.05) is 46.0 Å². The van der Waals surface area contributed by atoms with Gasteiger partial charge in [-0.15, -0.1) is 0 Å². The zero-order valence-electron chi connectivity index (χ0n) is 16.4. The molecule has 0 atom stereocenters. The number of carbonyl (C=O) groups is 1. The Morgan fingerprint density at radius 3 is 2.54 bits per heavy atom. The van der Waals surface area contributed by atoms with Crippen molar-refractivity contribution in [1.82, 2.24) is 20.1 Å². The lowest BCUT2D eigenvalue weighted by molar-refractivity contribution is 0.188. The van der Waals surface area contributed by atoms with E-state index in [1.54, 1.807) is 29.2 Å². The summed E-state index contributed by atoms with van der Waals surface area (Å²) in [6, 6.07) is 8.37. The van der Waals surface area contributed by atoms with Crippen LogP contribution in [0.1, 0.15) is 27.7 Å². The van der Waals surface area contributed by atoms with Gasteiger partial charge >= 0.3 is 6.09 Å². The van der Waals surface area contributed by atoms with Crippen LogP contribution in [0.25, 0.3) is 22.4 Å². The number of aryl methyl sites for hydroxylation is 1. The van der Waals surface area contributed by atoms with Gasteiger partial charge in [0.2, 0.25) is 0 Å². The van der Waals surface area contributed by atoms with Crippen LogP contribution in [0.15, 0.2) is 48.9 Å². The van der Waals surface area contributed by atoms with Crippen LogP contribution in [-0.2, 0) is 6.54 Å². The van der Waals surface area contributed by atoms with E-state index in [9.17, 15) is 4.79 Å². The predicted molar refractivity (Wildman–Crippen MR) is 105 cm³/mol. The Hall–Kier alpha value is -3.22. The lowest BCUT2D eigenvalue weighted by Gasteiger charge is -2.20. The van der Waals surface area contributed by atoms with Gasteiger partial charge in [0.25, 0.3) is 0 Å². The second-order valence-corrected chi connectivity index (χ2v) is 7.37. The van der Waals surface area contributed by atoms with Crippen molar-refractivity contribution >= 4 is 6.09 Å². The molecule has 0 aliphatic heterocycles. The van der Waals surface area contributed by atoms with E-state index in [1.165, 1.54) is 6.07 Å². The van der Waals surface area contributed by atoms with Gasteiger partial charge in [-0.05, 0) is 57.5 Å². The summed E-state index contributed by atoms with van der Waals surface area (Å²) in [7, 11) is 0. The quantitative estimate of drug-likeness (QED) is 0.713. The third-order valence-electron chi connectivity index (χ3n) is 3.98. The molecule has 3 rings (SSSR count). The SMILES string of the molecule is CCn1cc(-c2ccncc2)c(-c2cccc(OC(=O)NC(C)(C)C)c2F)n1. The van der Waals surface area contributed by atoms with Crippen LogP contribution in [0.3, 0.4) is 0 Å². The van der Waals surface area contributed by atoms with E-state index >= 15 is 4.39 Å². The Kier molecular flexibility index (Phi) is 5.44. The standard InChI is InChI=1S/C21H23FN4O2/c1-5-26-13-16(14-9-11-23-12-10-14)19(25-26)15-7-6-8-17(18(15)22)28-20(27)24-21(2,3)4/h6-13H,5H2,1-4H3,(H,24,27). The fourth-order valence-electron chi connectivity index (χ4n) is 2.73. The second-order valence-electron chi connectivity index (χ2n) is 7.37. The Balaban J connectivity index is 2.01. The maximum absolute atomic E-state index is 15.2. The van der Waals surface area contributed by atoms with Gasteiger partial charge < -0.3 is 10.1 Å². The first-order chi connectivity index (χ1) is 13.3. The third-order valence-corrected chi connectivity index (χ3v) is 3.98. The van der Waals surface area contributed by atoms with E-state index in [2.05, 4.69) is 15.4 Å². The fourth-order valence-corrected chi connectivity index (χ4v) is 2.73. The molecule has 0 fully saturated rings. The van der Waals surface area contributed by atoms with Crippen molar-refractivity contribution in [3.63, 3.8) is 0 Å². The highest BCUT2D eigenvalue weighted by Gasteiger charge is 2.21. The Labute approximate surface area is 163 Å². The molecule has 1 aromatic carbocycles. The number of benzene rings is 1. The predicted octanol–water partition coefficient (Wildman–Crippen LogP) is 4.66. The summed E-state index contributed by atoms with van der Waals surface area (Å²) in [5.74, 6) is -0.783. The van der Waals surface area contributed by atoms with Crippen molar-refractivity contribution in [2.24, 2.45) is 0 Å². The lowest BCUT2D eigenvalue weighted by Crippen LogP contribution is -2.42. The van der Waals surface area contributed by atoms with Gasteiger partial charge in [-0.25, -0.2) is 9.18 Å². The highest BCUT2D eigenvalue weighted by molar-refractivity contribution is 5.81. The number of rotatable bonds is 4. The summed E-state index contributed by atoms with van der Waals surface area (Å²) in [4.78, 5) is 16.1. The second kappa shape index (κ2) is 7.80. The summed E-state index contributed by atoms with van der Waals surface area (Å²) in [6.45, 7) is 8.06. The molecule has 0 unspecified atom stereocenters. The molecule has 0 aliphatic carbocycles. The van der Waals surface area contributed by atoms with Crippen LogP contribution in [0.5, 0.6) is 5.75 Å². The van der Waals surface area contributed by atoms with Crippen molar-refractivity contribution in [2.45, 2.75) is 39.8 Å². The van der Waals surface area contributed by atoms with Crippen molar-refractivity contribution in [3.8, 4) is 28.1 Å². The summed E-state index contributed by atoms with van der Waals surface area (Å²) in [5.41, 5.74) is 1.91. The maximum Gasteiger partial charge on any atom is 0.413 e. The number of nitrogens with zero attached hydrogens (tertiary/aromatic N) is 3. The normalized spacial score (nSPS) is 11.3. The average Bonchev–Trinajstić information content (AvgIpc) is 3.07. The molecular formula is C21H23FN4O2. The summed E-state index contributed by atoms with van der Waals surface area (Å²) < 4.78 is 22.1. The number of amides is 1. The summed E-state index contributed by atoms with van der Waals surface area (Å²) >= 11 is 0. The van der Waals surface area contributed by atoms with Gasteiger partial charge in [0, 0.05) is 41.8 Å². The Morgan fingerprint density at radius 2 is 1.89 bits per heavy atom. The van der Waals surface area contributed by atoms with Crippen molar-refractivity contribution in [1.29, 1.82) is 0 Å². The van der Waals surface area contributed by atoms with Gasteiger partial charge in [0.05, 0.1) is 0 Å². The molecule has 146 valence electrons. The molecule has 0 spiro atoms. The first-order valence-corrected chi connectivity index (χ1v) is 9.05. The summed E-state index contributed by atoms with van der Waals surface area (Å²) in [5, 5.41) is 7.17. The number of halogens is 1. The van der Waals surface area contributed by atoms with Crippen molar-refractivity contribution in [3.05, 3.63) is 54.7 Å². The lowest BCUT2D eigenvalue weighted by atomic mass is 10.0. The number of carbonyl (C=O) groups excluding carboxylic acids is 1. The molecular weight excluding hydrogens is 359 g/mol. The molecule has 3 aromatic rings. The molecule has 0 saturated heterocycles. The third kappa shape index (κ3) is 4.36. The molecule has 2 heterocycles. The fraction of sp³-hybridized carbons (Fsp3) is 0.286. The molecule has 6 nitrogen and oxygen atoms in total. The first kappa shape index (κ1) is 19.5. The number of pyridine rings is 1. The molecule has 1 N–H and O–H groups in total. The molecule has 0 bridgehead atoms.